The molecule has 4 amide bonds. The van der Waals surface area contributed by atoms with Gasteiger partial charge >= 0.3 is 12.1 Å². The van der Waals surface area contributed by atoms with Gasteiger partial charge in [-0.1, -0.05) is 32.0 Å². The van der Waals surface area contributed by atoms with E-state index in [9.17, 15) is 14.4 Å². The number of fused-ring (bicyclic) bond motifs is 1. The van der Waals surface area contributed by atoms with Gasteiger partial charge in [0.25, 0.3) is 5.91 Å². The third-order valence-corrected chi connectivity index (χ3v) is 5.90. The molecule has 0 aliphatic carbocycles. The number of carbonyl (C=O) groups is 3. The molecule has 1 aliphatic rings. The molecule has 1 saturated heterocycles. The van der Waals surface area contributed by atoms with E-state index in [0.29, 0.717) is 6.54 Å². The zero-order valence-electron chi connectivity index (χ0n) is 21.2. The molecule has 0 unspecified atom stereocenters. The van der Waals surface area contributed by atoms with Gasteiger partial charge < -0.3 is 19.9 Å². The molecule has 1 fully saturated rings. The number of hydrogen-bond acceptors (Lipinski definition) is 4. The lowest BCUT2D eigenvalue weighted by molar-refractivity contribution is -0.131. The average molecular weight is 471 g/mol. The number of aromatic amines is 1. The highest BCUT2D eigenvalue weighted by molar-refractivity contribution is 5.98. The Morgan fingerprint density at radius 1 is 1.21 bits per heavy atom. The van der Waals surface area contributed by atoms with Crippen LogP contribution < -0.4 is 5.32 Å². The number of benzene rings is 1. The number of hydrogen-bond donors (Lipinski definition) is 2. The molecule has 2 heterocycles. The average Bonchev–Trinajstić information content (AvgIpc) is 3.37. The van der Waals surface area contributed by atoms with Crippen LogP contribution in [-0.4, -0.2) is 63.6 Å². The number of rotatable bonds is 6. The first-order valence-electron chi connectivity index (χ1n) is 12.1. The van der Waals surface area contributed by atoms with Crippen molar-refractivity contribution in [2.24, 2.45) is 5.92 Å². The van der Waals surface area contributed by atoms with Crippen LogP contribution in [0, 0.1) is 5.92 Å². The van der Waals surface area contributed by atoms with Crippen molar-refractivity contribution in [3.8, 4) is 0 Å². The molecule has 34 heavy (non-hydrogen) atoms. The lowest BCUT2D eigenvalue weighted by Gasteiger charge is -2.33. The first-order chi connectivity index (χ1) is 16.0. The maximum absolute atomic E-state index is 13.6. The smallest absolute Gasteiger partial charge is 0.408 e. The second-order valence-corrected chi connectivity index (χ2v) is 10.5. The number of imide groups is 1. The zero-order chi connectivity index (χ0) is 25.0. The van der Waals surface area contributed by atoms with E-state index < -0.39 is 23.6 Å². The van der Waals surface area contributed by atoms with Crippen molar-refractivity contribution in [2.45, 2.75) is 78.5 Å². The van der Waals surface area contributed by atoms with E-state index in [-0.39, 0.29) is 24.5 Å². The van der Waals surface area contributed by atoms with Crippen molar-refractivity contribution in [3.63, 3.8) is 0 Å². The lowest BCUT2D eigenvalue weighted by Crippen LogP contribution is -2.55. The van der Waals surface area contributed by atoms with Gasteiger partial charge in [-0.25, -0.2) is 9.59 Å². The summed E-state index contributed by atoms with van der Waals surface area (Å²) < 4.78 is 5.27. The molecule has 2 aromatic rings. The quantitative estimate of drug-likeness (QED) is 0.640. The minimum absolute atomic E-state index is 0.0169. The van der Waals surface area contributed by atoms with Crippen LogP contribution in [0.2, 0.25) is 0 Å². The number of ether oxygens (including phenoxy) is 1. The molecule has 1 aromatic heterocycles. The summed E-state index contributed by atoms with van der Waals surface area (Å²) in [5, 5.41) is 3.74. The second kappa shape index (κ2) is 10.5. The minimum Gasteiger partial charge on any atom is -0.444 e. The van der Waals surface area contributed by atoms with Crippen LogP contribution in [0.15, 0.2) is 30.5 Å². The molecule has 186 valence electrons. The third-order valence-electron chi connectivity index (χ3n) is 5.90. The summed E-state index contributed by atoms with van der Waals surface area (Å²) in [7, 11) is 0. The van der Waals surface area contributed by atoms with Crippen LogP contribution in [-0.2, 0) is 16.0 Å². The van der Waals surface area contributed by atoms with Crippen LogP contribution in [0.5, 0.6) is 0 Å². The topological polar surface area (TPSA) is 94.7 Å². The summed E-state index contributed by atoms with van der Waals surface area (Å²) in [6.45, 7) is 11.7. The summed E-state index contributed by atoms with van der Waals surface area (Å²) >= 11 is 0. The number of nitrogens with zero attached hydrogens (tertiary/aromatic N) is 2. The summed E-state index contributed by atoms with van der Waals surface area (Å²) in [4.78, 5) is 45.5. The molecule has 3 rings (SSSR count). The van der Waals surface area contributed by atoms with Crippen LogP contribution >= 0.6 is 0 Å². The van der Waals surface area contributed by atoms with E-state index >= 15 is 0 Å². The van der Waals surface area contributed by atoms with Gasteiger partial charge in [-0.2, -0.15) is 0 Å². The first kappa shape index (κ1) is 25.6. The largest absolute Gasteiger partial charge is 0.444 e. The van der Waals surface area contributed by atoms with Crippen molar-refractivity contribution in [1.29, 1.82) is 0 Å². The molecule has 8 nitrogen and oxygen atoms in total. The highest BCUT2D eigenvalue weighted by Gasteiger charge is 2.37. The Morgan fingerprint density at radius 2 is 1.91 bits per heavy atom. The third kappa shape index (κ3) is 6.30. The van der Waals surface area contributed by atoms with Gasteiger partial charge in [-0.05, 0) is 64.5 Å². The number of H-pyrrole nitrogens is 1. The standard InChI is InChI=1S/C26H38N4O4/c1-17(2)16-30(23(31)18(3)28-24(32)34-26(4,5)6)25(33)29-13-9-10-20(29)14-19-15-27-22-12-8-7-11-21(19)22/h7-8,11-12,15,17-18,20,27H,9-10,13-14,16H2,1-6H3,(H,28,32)/t18-,20-/m0/s1. The van der Waals surface area contributed by atoms with E-state index in [1.54, 1.807) is 27.7 Å². The predicted octanol–water partition coefficient (Wildman–Crippen LogP) is 4.69. The fourth-order valence-electron chi connectivity index (χ4n) is 4.42. The summed E-state index contributed by atoms with van der Waals surface area (Å²) in [6.07, 6.45) is 3.85. The Morgan fingerprint density at radius 3 is 2.59 bits per heavy atom. The fraction of sp³-hybridized carbons (Fsp3) is 0.577. The molecular formula is C26H38N4O4. The van der Waals surface area contributed by atoms with Gasteiger partial charge in [-0.3, -0.25) is 9.69 Å². The Labute approximate surface area is 202 Å². The van der Waals surface area contributed by atoms with Crippen molar-refractivity contribution in [3.05, 3.63) is 36.0 Å². The van der Waals surface area contributed by atoms with Gasteiger partial charge in [0.15, 0.2) is 0 Å². The molecule has 0 radical (unpaired) electrons. The maximum Gasteiger partial charge on any atom is 0.408 e. The number of likely N-dealkylation sites (tertiary alicyclic amines) is 1. The number of para-hydroxylation sites is 1. The molecule has 1 aromatic carbocycles. The van der Waals surface area contributed by atoms with Gasteiger partial charge in [0, 0.05) is 36.2 Å². The summed E-state index contributed by atoms with van der Waals surface area (Å²) in [6, 6.07) is 6.98. The number of aromatic nitrogens is 1. The lowest BCUT2D eigenvalue weighted by atomic mass is 10.0. The highest BCUT2D eigenvalue weighted by Crippen LogP contribution is 2.27. The highest BCUT2D eigenvalue weighted by atomic mass is 16.6. The van der Waals surface area contributed by atoms with E-state index in [0.717, 1.165) is 30.2 Å². The number of urea groups is 1. The molecule has 2 N–H and O–H groups in total. The zero-order valence-corrected chi connectivity index (χ0v) is 21.2. The van der Waals surface area contributed by atoms with Gasteiger partial charge in [0.05, 0.1) is 0 Å². The van der Waals surface area contributed by atoms with Crippen molar-refractivity contribution < 1.29 is 19.1 Å². The van der Waals surface area contributed by atoms with Gasteiger partial charge in [-0.15, -0.1) is 0 Å². The van der Waals surface area contributed by atoms with Crippen LogP contribution in [0.3, 0.4) is 0 Å². The minimum atomic E-state index is -0.882. The Hall–Kier alpha value is -3.03. The molecular weight excluding hydrogens is 432 g/mol. The molecule has 2 atom stereocenters. The molecule has 0 bridgehead atoms. The molecule has 0 saturated carbocycles. The number of amides is 4. The van der Waals surface area contributed by atoms with Crippen LogP contribution in [0.25, 0.3) is 10.9 Å². The van der Waals surface area contributed by atoms with Crippen LogP contribution in [0.4, 0.5) is 9.59 Å². The van der Waals surface area contributed by atoms with Crippen LogP contribution in [0.1, 0.15) is 59.9 Å². The molecule has 1 aliphatic heterocycles. The fourth-order valence-corrected chi connectivity index (χ4v) is 4.42. The molecule has 8 heteroatoms. The second-order valence-electron chi connectivity index (χ2n) is 10.5. The van der Waals surface area contributed by atoms with E-state index in [1.807, 2.05) is 43.1 Å². The monoisotopic (exact) mass is 470 g/mol. The van der Waals surface area contributed by atoms with Gasteiger partial charge in [0.1, 0.15) is 11.6 Å². The van der Waals surface area contributed by atoms with E-state index in [2.05, 4.69) is 16.4 Å². The summed E-state index contributed by atoms with van der Waals surface area (Å²) in [5.74, 6) is -0.335. The number of nitrogens with one attached hydrogen (secondary N) is 2. The SMILES string of the molecule is CC(C)CN(C(=O)[C@H](C)NC(=O)OC(C)(C)C)C(=O)N1CCC[C@H]1Cc1c[nH]c2ccccc12. The number of alkyl carbamates (subject to hydrolysis) is 1. The Kier molecular flexibility index (Phi) is 7.89. The van der Waals surface area contributed by atoms with E-state index in [4.69, 9.17) is 4.74 Å². The van der Waals surface area contributed by atoms with Crippen molar-refractivity contribution in [1.82, 2.24) is 20.1 Å². The maximum atomic E-state index is 13.6. The van der Waals surface area contributed by atoms with Crippen molar-refractivity contribution >= 4 is 28.9 Å². The molecule has 0 spiro atoms. The normalized spacial score (nSPS) is 17.1. The van der Waals surface area contributed by atoms with Gasteiger partial charge in [0.2, 0.25) is 0 Å². The van der Waals surface area contributed by atoms with Crippen molar-refractivity contribution in [2.75, 3.05) is 13.1 Å². The summed E-state index contributed by atoms with van der Waals surface area (Å²) in [5.41, 5.74) is 1.57. The van der Waals surface area contributed by atoms with E-state index in [1.165, 1.54) is 10.5 Å². The predicted molar refractivity (Wildman–Crippen MR) is 133 cm³/mol. The first-order valence-corrected chi connectivity index (χ1v) is 12.1. The number of carbonyl (C=O) groups excluding carboxylic acids is 3. The Bertz CT molecular complexity index is 1020. The Balaban J connectivity index is 1.74.